The summed E-state index contributed by atoms with van der Waals surface area (Å²) in [7, 11) is 0. The Kier molecular flexibility index (Phi) is 22.6. The van der Waals surface area contributed by atoms with Crippen molar-refractivity contribution in [3.8, 4) is 0 Å². The van der Waals surface area contributed by atoms with Gasteiger partial charge in [-0.1, -0.05) is 0 Å². The van der Waals surface area contributed by atoms with E-state index in [4.69, 9.17) is 0 Å². The molecule has 0 fully saturated rings. The Balaban J connectivity index is 0. The average Bonchev–Trinajstić information content (AvgIpc) is 0.918. The monoisotopic (exact) mass is 441 g/mol. The molecule has 0 saturated heterocycles. The van der Waals surface area contributed by atoms with Crippen LogP contribution in [0.5, 0.6) is 0 Å². The van der Waals surface area contributed by atoms with Gasteiger partial charge in [0.05, 0.1) is 0 Å². The summed E-state index contributed by atoms with van der Waals surface area (Å²) in [5, 5.41) is 0. The van der Waals surface area contributed by atoms with Crippen LogP contribution >= 0.6 is 50.5 Å². The zero-order valence-electron chi connectivity index (χ0n) is 1.50. The summed E-state index contributed by atoms with van der Waals surface area (Å²) in [5.41, 5.74) is 0. The third-order valence-corrected chi connectivity index (χ3v) is 0. The molecular formula is HCoI3. The van der Waals surface area contributed by atoms with E-state index in [0.29, 0.717) is 13.3 Å². The largest absolute Gasteiger partial charge is 0 e. The van der Waals surface area contributed by atoms with E-state index in [0.717, 1.165) is 0 Å². The minimum atomic E-state index is 0. The summed E-state index contributed by atoms with van der Waals surface area (Å²) >= 11 is 5.22. The first-order chi connectivity index (χ1) is 1.41. The summed E-state index contributed by atoms with van der Waals surface area (Å²) in [6.07, 6.45) is 0. The average molecular weight is 441 g/mol. The fraction of sp³-hybridized carbons (Fsp3) is 0. The van der Waals surface area contributed by atoms with Gasteiger partial charge in [-0.25, -0.2) is 0 Å². The van der Waals surface area contributed by atoms with Crippen molar-refractivity contribution in [2.45, 2.75) is 0 Å². The maximum atomic E-state index is 2.41. The molecule has 4 heavy (non-hydrogen) atoms. The second kappa shape index (κ2) is 9.20. The van der Waals surface area contributed by atoms with Crippen molar-refractivity contribution >= 4 is 50.5 Å². The van der Waals surface area contributed by atoms with Gasteiger partial charge in [0, 0.05) is 16.8 Å². The van der Waals surface area contributed by atoms with Crippen molar-refractivity contribution in [3.05, 3.63) is 0 Å². The Morgan fingerprint density at radius 1 is 1.25 bits per heavy atom. The normalized spacial score (nSPS) is 5.50. The van der Waals surface area contributed by atoms with Gasteiger partial charge in [0.1, 0.15) is 0 Å². The molecule has 0 aromatic heterocycles. The minimum absolute atomic E-state index is 0. The van der Waals surface area contributed by atoms with E-state index in [1.807, 2.05) is 0 Å². The Bertz CT molecular complexity index is 3.25. The molecule has 1 radical (unpaired) electrons. The zero-order valence-corrected chi connectivity index (χ0v) is 9.18. The third-order valence-electron chi connectivity index (χ3n) is 0. The summed E-state index contributed by atoms with van der Waals surface area (Å²) < 4.78 is 0. The summed E-state index contributed by atoms with van der Waals surface area (Å²) in [6.45, 7) is 0. The molecule has 0 saturated carbocycles. The van der Waals surface area contributed by atoms with E-state index < -0.39 is 0 Å². The predicted molar refractivity (Wildman–Crippen MR) is 43.5 cm³/mol. The summed E-state index contributed by atoms with van der Waals surface area (Å²) in [4.78, 5) is 0. The molecule has 0 atom stereocenters. The number of halogens is 3. The predicted octanol–water partition coefficient (Wildman–Crippen LogP) is 2.39. The summed E-state index contributed by atoms with van der Waals surface area (Å²) in [5.74, 6) is 0. The van der Waals surface area contributed by atoms with Crippen LogP contribution in [0, 0.1) is 0 Å². The number of hydrogen-bond donors (Lipinski definition) is 0. The third kappa shape index (κ3) is 8.83. The van der Waals surface area contributed by atoms with Crippen molar-refractivity contribution in [1.82, 2.24) is 0 Å². The second-order valence-electron chi connectivity index (χ2n) is 0.0583. The molecule has 0 rings (SSSR count). The van der Waals surface area contributed by atoms with Crippen LogP contribution in [0.2, 0.25) is 0 Å². The zero-order chi connectivity index (χ0) is 2.71. The fourth-order valence-corrected chi connectivity index (χ4v) is 0. The first-order valence-electron chi connectivity index (χ1n) is 0.309. The molecule has 0 N–H and O–H groups in total. The Morgan fingerprint density at radius 3 is 1.25 bits per heavy atom. The molecule has 0 nitrogen and oxygen atoms in total. The van der Waals surface area contributed by atoms with Crippen molar-refractivity contribution < 1.29 is 16.8 Å². The van der Waals surface area contributed by atoms with E-state index in [2.05, 4.69) is 37.2 Å². The SMILES string of the molecule is I[IH]I.[Co]. The molecule has 0 amide bonds. The van der Waals surface area contributed by atoms with E-state index in [1.54, 1.807) is 0 Å². The molecule has 0 aromatic rings. The van der Waals surface area contributed by atoms with Gasteiger partial charge in [-0.05, 0) is 0 Å². The number of rotatable bonds is 0. The van der Waals surface area contributed by atoms with Gasteiger partial charge >= 0.3 is 50.5 Å². The smallest absolute Gasteiger partial charge is 0 e. The molecule has 0 heterocycles. The minimum Gasteiger partial charge on any atom is 0 e. The second-order valence-corrected chi connectivity index (χ2v) is 17.6. The molecular weight excluding hydrogens is 440 g/mol. The van der Waals surface area contributed by atoms with Crippen LogP contribution < -0.4 is 0 Å². The maximum Gasteiger partial charge on any atom is 0 e. The van der Waals surface area contributed by atoms with Gasteiger partial charge < -0.3 is 0 Å². The van der Waals surface area contributed by atoms with Crippen LogP contribution in [-0.4, -0.2) is 0 Å². The molecule has 0 bridgehead atoms. The van der Waals surface area contributed by atoms with Gasteiger partial charge in [0.2, 0.25) is 0 Å². The van der Waals surface area contributed by atoms with E-state index in [9.17, 15) is 0 Å². The molecule has 0 aromatic carbocycles. The fourth-order valence-electron chi connectivity index (χ4n) is 0. The van der Waals surface area contributed by atoms with Gasteiger partial charge in [-0.2, -0.15) is 0 Å². The van der Waals surface area contributed by atoms with Crippen LogP contribution in [0.15, 0.2) is 0 Å². The molecule has 0 aliphatic rings. The Labute approximate surface area is 65.7 Å². The van der Waals surface area contributed by atoms with Crippen molar-refractivity contribution in [2.24, 2.45) is 0 Å². The van der Waals surface area contributed by atoms with Crippen molar-refractivity contribution in [3.63, 3.8) is 0 Å². The molecule has 0 unspecified atom stereocenters. The number of hydrogen-bond acceptors (Lipinski definition) is 0. The molecule has 0 spiro atoms. The van der Waals surface area contributed by atoms with Gasteiger partial charge in [-0.15, -0.1) is 0 Å². The Morgan fingerprint density at radius 2 is 1.25 bits per heavy atom. The van der Waals surface area contributed by atoms with E-state index in [-0.39, 0.29) is 16.8 Å². The molecule has 31 valence electrons. The Hall–Kier alpha value is 2.70. The van der Waals surface area contributed by atoms with Gasteiger partial charge in [-0.3, -0.25) is 0 Å². The molecule has 0 aliphatic heterocycles. The maximum absolute atomic E-state index is 2.41. The first-order valence-corrected chi connectivity index (χ1v) is 13.9. The van der Waals surface area contributed by atoms with E-state index in [1.165, 1.54) is 0 Å². The van der Waals surface area contributed by atoms with Crippen LogP contribution in [0.1, 0.15) is 0 Å². The first kappa shape index (κ1) is 9.85. The van der Waals surface area contributed by atoms with Gasteiger partial charge in [0.25, 0.3) is 0 Å². The van der Waals surface area contributed by atoms with Crippen LogP contribution in [-0.2, 0) is 16.8 Å². The summed E-state index contributed by atoms with van der Waals surface area (Å²) in [6, 6.07) is 0. The standard InChI is InChI=1S/Co.HI3/c;1-3-2/h;3H. The van der Waals surface area contributed by atoms with Gasteiger partial charge in [0.15, 0.2) is 0 Å². The molecule has 4 heteroatoms. The van der Waals surface area contributed by atoms with Crippen molar-refractivity contribution in [1.29, 1.82) is 0 Å². The topological polar surface area (TPSA) is 0 Å². The van der Waals surface area contributed by atoms with Crippen LogP contribution in [0.25, 0.3) is 0 Å². The quantitative estimate of drug-likeness (QED) is 0.508. The van der Waals surface area contributed by atoms with Crippen LogP contribution in [0.3, 0.4) is 0 Å². The van der Waals surface area contributed by atoms with Crippen LogP contribution in [0.4, 0.5) is 0 Å². The molecule has 0 aliphatic carbocycles. The van der Waals surface area contributed by atoms with E-state index >= 15 is 0 Å². The van der Waals surface area contributed by atoms with Crippen molar-refractivity contribution in [2.75, 3.05) is 0 Å².